The molecule has 25 heavy (non-hydrogen) atoms. The number of hydrogen-bond donors (Lipinski definition) is 2. The normalized spacial score (nSPS) is 12.1. The minimum Gasteiger partial charge on any atom is -0.375 e. The first-order valence-electron chi connectivity index (χ1n) is 7.50. The number of alkyl halides is 3. The summed E-state index contributed by atoms with van der Waals surface area (Å²) in [6.07, 6.45) is -4.41. The number of hydrogen-bond acceptors (Lipinski definition) is 3. The molecule has 0 aromatic heterocycles. The Morgan fingerprint density at radius 2 is 1.48 bits per heavy atom. The minimum absolute atomic E-state index is 0.0609. The summed E-state index contributed by atoms with van der Waals surface area (Å²) in [4.78, 5) is 0.128. The van der Waals surface area contributed by atoms with Crippen molar-refractivity contribution in [3.8, 4) is 0 Å². The topological polar surface area (TPSA) is 58.2 Å². The second-order valence-electron chi connectivity index (χ2n) is 5.85. The Morgan fingerprint density at radius 1 is 0.960 bits per heavy atom. The largest absolute Gasteiger partial charge is 0.405 e. The van der Waals surface area contributed by atoms with Crippen LogP contribution in [0.25, 0.3) is 0 Å². The molecule has 0 fully saturated rings. The van der Waals surface area contributed by atoms with Gasteiger partial charge in [-0.25, -0.2) is 8.42 Å². The fourth-order valence-corrected chi connectivity index (χ4v) is 4.24. The van der Waals surface area contributed by atoms with E-state index in [4.69, 9.17) is 0 Å². The number of aryl methyl sites for hydroxylation is 3. The van der Waals surface area contributed by atoms with Crippen LogP contribution in [0.5, 0.6) is 0 Å². The van der Waals surface area contributed by atoms with Gasteiger partial charge in [-0.05, 0) is 44.0 Å². The monoisotopic (exact) mass is 372 g/mol. The molecule has 2 aromatic rings. The number of halogens is 3. The maximum Gasteiger partial charge on any atom is 0.405 e. The third-order valence-electron chi connectivity index (χ3n) is 3.52. The van der Waals surface area contributed by atoms with E-state index in [2.05, 4.69) is 10.0 Å². The van der Waals surface area contributed by atoms with Gasteiger partial charge in [0.15, 0.2) is 0 Å². The molecule has 0 bridgehead atoms. The van der Waals surface area contributed by atoms with Crippen LogP contribution < -0.4 is 10.0 Å². The SMILES string of the molecule is Cc1cc(C)c(S(=O)(=O)Nc2ccccc2NCC(F)(F)F)c(C)c1. The number of para-hydroxylation sites is 2. The lowest BCUT2D eigenvalue weighted by Crippen LogP contribution is -2.22. The highest BCUT2D eigenvalue weighted by Gasteiger charge is 2.27. The molecule has 0 radical (unpaired) electrons. The molecular formula is C17H19F3N2O2S. The Bertz CT molecular complexity index is 855. The molecule has 2 rings (SSSR count). The first-order valence-corrected chi connectivity index (χ1v) is 8.98. The summed E-state index contributed by atoms with van der Waals surface area (Å²) in [5.74, 6) is 0. The van der Waals surface area contributed by atoms with E-state index in [9.17, 15) is 21.6 Å². The Kier molecular flexibility index (Phi) is 5.31. The quantitative estimate of drug-likeness (QED) is 0.819. The lowest BCUT2D eigenvalue weighted by molar-refractivity contribution is -0.115. The van der Waals surface area contributed by atoms with Crippen LogP contribution in [-0.2, 0) is 10.0 Å². The highest BCUT2D eigenvalue weighted by atomic mass is 32.2. The molecule has 0 unspecified atom stereocenters. The molecule has 0 heterocycles. The van der Waals surface area contributed by atoms with E-state index in [1.807, 2.05) is 6.92 Å². The summed E-state index contributed by atoms with van der Waals surface area (Å²) in [5, 5.41) is 2.21. The molecule has 0 atom stereocenters. The van der Waals surface area contributed by atoms with Gasteiger partial charge in [0.25, 0.3) is 10.0 Å². The van der Waals surface area contributed by atoms with Crippen molar-refractivity contribution in [3.05, 3.63) is 53.1 Å². The zero-order valence-corrected chi connectivity index (χ0v) is 14.8. The second-order valence-corrected chi connectivity index (χ2v) is 7.47. The van der Waals surface area contributed by atoms with E-state index >= 15 is 0 Å². The Morgan fingerprint density at radius 3 is 2.00 bits per heavy atom. The van der Waals surface area contributed by atoms with Gasteiger partial charge in [-0.2, -0.15) is 13.2 Å². The molecule has 0 amide bonds. The van der Waals surface area contributed by atoms with Gasteiger partial charge < -0.3 is 5.32 Å². The molecule has 0 saturated carbocycles. The third kappa shape index (κ3) is 4.88. The average Bonchev–Trinajstić information content (AvgIpc) is 2.43. The van der Waals surface area contributed by atoms with Crippen molar-refractivity contribution in [1.29, 1.82) is 0 Å². The number of anilines is 2. The smallest absolute Gasteiger partial charge is 0.375 e. The summed E-state index contributed by atoms with van der Waals surface area (Å²) in [7, 11) is -3.94. The van der Waals surface area contributed by atoms with Crippen molar-refractivity contribution < 1.29 is 21.6 Å². The molecule has 0 saturated heterocycles. The summed E-state index contributed by atoms with van der Waals surface area (Å²) >= 11 is 0. The third-order valence-corrected chi connectivity index (χ3v) is 5.19. The van der Waals surface area contributed by atoms with Gasteiger partial charge in [-0.15, -0.1) is 0 Å². The molecule has 0 aliphatic heterocycles. The summed E-state index contributed by atoms with van der Waals surface area (Å²) in [5.41, 5.74) is 2.20. The molecular weight excluding hydrogens is 353 g/mol. The first-order chi connectivity index (χ1) is 11.5. The van der Waals surface area contributed by atoms with E-state index in [1.165, 1.54) is 18.2 Å². The van der Waals surface area contributed by atoms with E-state index in [-0.39, 0.29) is 16.3 Å². The highest BCUT2D eigenvalue weighted by molar-refractivity contribution is 7.92. The van der Waals surface area contributed by atoms with Crippen molar-refractivity contribution in [2.75, 3.05) is 16.6 Å². The standard InChI is InChI=1S/C17H19F3N2O2S/c1-11-8-12(2)16(13(3)9-11)25(23,24)22-15-7-5-4-6-14(15)21-10-17(18,19)20/h4-9,21-22H,10H2,1-3H3. The summed E-state index contributed by atoms with van der Waals surface area (Å²) < 4.78 is 65.1. The van der Waals surface area contributed by atoms with Gasteiger partial charge in [-0.3, -0.25) is 4.72 Å². The molecule has 0 aliphatic carbocycles. The number of sulfonamides is 1. The van der Waals surface area contributed by atoms with E-state index in [0.717, 1.165) is 5.56 Å². The highest BCUT2D eigenvalue weighted by Crippen LogP contribution is 2.28. The Labute approximate surface area is 145 Å². The number of rotatable bonds is 5. The van der Waals surface area contributed by atoms with Gasteiger partial charge in [0.05, 0.1) is 16.3 Å². The zero-order chi connectivity index (χ0) is 18.8. The molecule has 2 aromatic carbocycles. The lowest BCUT2D eigenvalue weighted by atomic mass is 10.1. The van der Waals surface area contributed by atoms with Crippen molar-refractivity contribution in [2.45, 2.75) is 31.8 Å². The van der Waals surface area contributed by atoms with Gasteiger partial charge in [0.1, 0.15) is 6.54 Å². The maximum absolute atomic E-state index is 12.7. The van der Waals surface area contributed by atoms with Crippen molar-refractivity contribution in [2.24, 2.45) is 0 Å². The first kappa shape index (κ1) is 19.1. The fraction of sp³-hybridized carbons (Fsp3) is 0.294. The second kappa shape index (κ2) is 6.95. The van der Waals surface area contributed by atoms with E-state index < -0.39 is 22.7 Å². The predicted molar refractivity (Wildman–Crippen MR) is 92.4 cm³/mol. The molecule has 2 N–H and O–H groups in total. The van der Waals surface area contributed by atoms with Gasteiger partial charge >= 0.3 is 6.18 Å². The zero-order valence-electron chi connectivity index (χ0n) is 14.0. The van der Waals surface area contributed by atoms with E-state index in [1.54, 1.807) is 32.0 Å². The lowest BCUT2D eigenvalue weighted by Gasteiger charge is -2.17. The maximum atomic E-state index is 12.7. The predicted octanol–water partition coefficient (Wildman–Crippen LogP) is 4.39. The van der Waals surface area contributed by atoms with Gasteiger partial charge in [-0.1, -0.05) is 29.8 Å². The van der Waals surface area contributed by atoms with Crippen LogP contribution in [0, 0.1) is 20.8 Å². The number of benzene rings is 2. The van der Waals surface area contributed by atoms with Crippen LogP contribution in [0.4, 0.5) is 24.5 Å². The molecule has 136 valence electrons. The van der Waals surface area contributed by atoms with Crippen LogP contribution >= 0.6 is 0 Å². The molecule has 0 spiro atoms. The van der Waals surface area contributed by atoms with E-state index in [0.29, 0.717) is 11.1 Å². The fourth-order valence-electron chi connectivity index (χ4n) is 2.71. The summed E-state index contributed by atoms with van der Waals surface area (Å²) in [6, 6.07) is 9.36. The minimum atomic E-state index is -4.41. The molecule has 0 aliphatic rings. The molecule has 8 heteroatoms. The Hall–Kier alpha value is -2.22. The summed E-state index contributed by atoms with van der Waals surface area (Å²) in [6.45, 7) is 3.97. The van der Waals surface area contributed by atoms with Crippen LogP contribution in [0.2, 0.25) is 0 Å². The Balaban J connectivity index is 2.36. The van der Waals surface area contributed by atoms with Crippen LogP contribution in [0.1, 0.15) is 16.7 Å². The van der Waals surface area contributed by atoms with Crippen LogP contribution in [0.15, 0.2) is 41.3 Å². The van der Waals surface area contributed by atoms with Crippen LogP contribution in [0.3, 0.4) is 0 Å². The van der Waals surface area contributed by atoms with Crippen molar-refractivity contribution in [3.63, 3.8) is 0 Å². The van der Waals surface area contributed by atoms with Gasteiger partial charge in [0, 0.05) is 0 Å². The average molecular weight is 372 g/mol. The van der Waals surface area contributed by atoms with Crippen LogP contribution in [-0.4, -0.2) is 21.1 Å². The van der Waals surface area contributed by atoms with Crippen molar-refractivity contribution >= 4 is 21.4 Å². The van der Waals surface area contributed by atoms with Gasteiger partial charge in [0.2, 0.25) is 0 Å². The number of nitrogens with one attached hydrogen (secondary N) is 2. The molecule has 4 nitrogen and oxygen atoms in total. The van der Waals surface area contributed by atoms with Crippen molar-refractivity contribution in [1.82, 2.24) is 0 Å².